The van der Waals surface area contributed by atoms with Crippen LogP contribution < -0.4 is 5.73 Å². The van der Waals surface area contributed by atoms with Gasteiger partial charge < -0.3 is 5.73 Å². The first kappa shape index (κ1) is 6.90. The van der Waals surface area contributed by atoms with E-state index in [-0.39, 0.29) is 0 Å². The van der Waals surface area contributed by atoms with E-state index in [4.69, 9.17) is 5.73 Å². The van der Waals surface area contributed by atoms with Crippen LogP contribution in [0, 0.1) is 0 Å². The van der Waals surface area contributed by atoms with Gasteiger partial charge in [-0.05, 0) is 0 Å². The summed E-state index contributed by atoms with van der Waals surface area (Å²) in [5.74, 6) is 0.513. The van der Waals surface area contributed by atoms with Crippen molar-refractivity contribution in [3.63, 3.8) is 0 Å². The Morgan fingerprint density at radius 2 is 2.33 bits per heavy atom. The van der Waals surface area contributed by atoms with Gasteiger partial charge in [0.2, 0.25) is 0 Å². The van der Waals surface area contributed by atoms with Crippen molar-refractivity contribution >= 4 is 5.82 Å². The second kappa shape index (κ2) is 2.37. The molecule has 2 heterocycles. The highest BCUT2D eigenvalue weighted by Gasteiger charge is 1.99. The zero-order valence-electron chi connectivity index (χ0n) is 6.68. The lowest BCUT2D eigenvalue weighted by molar-refractivity contribution is 0.766. The van der Waals surface area contributed by atoms with Gasteiger partial charge in [-0.1, -0.05) is 0 Å². The molecule has 0 spiro atoms. The lowest BCUT2D eigenvalue weighted by Crippen LogP contribution is -1.94. The monoisotopic (exact) mass is 163 g/mol. The largest absolute Gasteiger partial charge is 0.382 e. The maximum Gasteiger partial charge on any atom is 0.145 e. The minimum absolute atomic E-state index is 0.513. The minimum Gasteiger partial charge on any atom is -0.382 e. The Bertz CT molecular complexity index is 348. The first-order valence-corrected chi connectivity index (χ1v) is 3.56. The highest BCUT2D eigenvalue weighted by molar-refractivity contribution is 5.31. The summed E-state index contributed by atoms with van der Waals surface area (Å²) in [5, 5.41) is 8.05. The molecule has 0 aliphatic rings. The van der Waals surface area contributed by atoms with Gasteiger partial charge in [-0.3, -0.25) is 4.68 Å². The molecule has 12 heavy (non-hydrogen) atoms. The molecule has 5 nitrogen and oxygen atoms in total. The van der Waals surface area contributed by atoms with Crippen molar-refractivity contribution in [2.75, 3.05) is 5.73 Å². The molecule has 0 aliphatic heterocycles. The van der Waals surface area contributed by atoms with Crippen molar-refractivity contribution in [3.05, 3.63) is 24.7 Å². The summed E-state index contributed by atoms with van der Waals surface area (Å²) in [4.78, 5) is 0. The highest BCUT2D eigenvalue weighted by atomic mass is 15.3. The molecule has 0 radical (unpaired) electrons. The summed E-state index contributed by atoms with van der Waals surface area (Å²) in [5.41, 5.74) is 6.37. The normalized spacial score (nSPS) is 10.4. The Morgan fingerprint density at radius 3 is 2.83 bits per heavy atom. The molecule has 0 saturated carbocycles. The summed E-state index contributed by atoms with van der Waals surface area (Å²) in [6.07, 6.45) is 5.39. The van der Waals surface area contributed by atoms with E-state index in [1.54, 1.807) is 27.8 Å². The van der Waals surface area contributed by atoms with Crippen molar-refractivity contribution in [1.29, 1.82) is 0 Å². The van der Waals surface area contributed by atoms with Crippen LogP contribution in [0.3, 0.4) is 0 Å². The molecule has 0 atom stereocenters. The fraction of sp³-hybridized carbons (Fsp3) is 0.143. The minimum atomic E-state index is 0.513. The zero-order chi connectivity index (χ0) is 8.55. The molecule has 0 aromatic carbocycles. The van der Waals surface area contributed by atoms with Crippen LogP contribution in [0.4, 0.5) is 5.82 Å². The molecule has 0 aliphatic carbocycles. The quantitative estimate of drug-likeness (QED) is 0.652. The first-order valence-electron chi connectivity index (χ1n) is 3.56. The summed E-state index contributed by atoms with van der Waals surface area (Å²) < 4.78 is 3.40. The van der Waals surface area contributed by atoms with Crippen LogP contribution in [0.15, 0.2) is 24.7 Å². The van der Waals surface area contributed by atoms with E-state index < -0.39 is 0 Å². The van der Waals surface area contributed by atoms with E-state index in [1.807, 2.05) is 13.2 Å². The highest BCUT2D eigenvalue weighted by Crippen LogP contribution is 2.05. The van der Waals surface area contributed by atoms with Crippen LogP contribution in [-0.4, -0.2) is 19.6 Å². The van der Waals surface area contributed by atoms with Crippen LogP contribution in [-0.2, 0) is 7.05 Å². The molecule has 2 aromatic rings. The SMILES string of the molecule is Cn1cc(-n2ccc(N)n2)cn1. The molecule has 0 saturated heterocycles. The van der Waals surface area contributed by atoms with Gasteiger partial charge in [0.1, 0.15) is 11.5 Å². The maximum absolute atomic E-state index is 5.46. The summed E-state index contributed by atoms with van der Waals surface area (Å²) >= 11 is 0. The summed E-state index contributed by atoms with van der Waals surface area (Å²) in [6.45, 7) is 0. The van der Waals surface area contributed by atoms with E-state index in [9.17, 15) is 0 Å². The molecule has 0 unspecified atom stereocenters. The predicted octanol–water partition coefficient (Wildman–Crippen LogP) is 0.188. The molecular weight excluding hydrogens is 154 g/mol. The second-order valence-electron chi connectivity index (χ2n) is 2.56. The number of nitrogens with two attached hydrogens (primary N) is 1. The Hall–Kier alpha value is -1.78. The zero-order valence-corrected chi connectivity index (χ0v) is 6.68. The molecule has 5 heteroatoms. The fourth-order valence-electron chi connectivity index (χ4n) is 1.01. The van der Waals surface area contributed by atoms with Gasteiger partial charge in [0.25, 0.3) is 0 Å². The Kier molecular flexibility index (Phi) is 1.36. The van der Waals surface area contributed by atoms with Crippen LogP contribution in [0.25, 0.3) is 5.69 Å². The van der Waals surface area contributed by atoms with Crippen molar-refractivity contribution < 1.29 is 0 Å². The van der Waals surface area contributed by atoms with E-state index in [2.05, 4.69) is 10.2 Å². The molecule has 0 amide bonds. The van der Waals surface area contributed by atoms with Crippen LogP contribution >= 0.6 is 0 Å². The van der Waals surface area contributed by atoms with Crippen molar-refractivity contribution in [3.8, 4) is 5.69 Å². The van der Waals surface area contributed by atoms with E-state index in [0.29, 0.717) is 5.82 Å². The topological polar surface area (TPSA) is 61.7 Å². The molecule has 2 N–H and O–H groups in total. The van der Waals surface area contributed by atoms with Gasteiger partial charge in [-0.25, -0.2) is 4.68 Å². The number of aromatic nitrogens is 4. The van der Waals surface area contributed by atoms with Gasteiger partial charge >= 0.3 is 0 Å². The standard InChI is InChI=1S/C7H9N5/c1-11-5-6(4-9-11)12-3-2-7(8)10-12/h2-5H,1H3,(H2,8,10). The molecular formula is C7H9N5. The lowest BCUT2D eigenvalue weighted by atomic mass is 10.6. The number of rotatable bonds is 1. The smallest absolute Gasteiger partial charge is 0.145 e. The predicted molar refractivity (Wildman–Crippen MR) is 44.7 cm³/mol. The van der Waals surface area contributed by atoms with Gasteiger partial charge in [0.05, 0.1) is 12.4 Å². The van der Waals surface area contributed by atoms with Crippen LogP contribution in [0.5, 0.6) is 0 Å². The van der Waals surface area contributed by atoms with Gasteiger partial charge in [0, 0.05) is 19.3 Å². The Balaban J connectivity index is 2.43. The van der Waals surface area contributed by atoms with E-state index in [0.717, 1.165) is 5.69 Å². The average Bonchev–Trinajstić information content (AvgIpc) is 2.58. The van der Waals surface area contributed by atoms with Crippen molar-refractivity contribution in [2.45, 2.75) is 0 Å². The van der Waals surface area contributed by atoms with Gasteiger partial charge in [-0.2, -0.15) is 10.2 Å². The van der Waals surface area contributed by atoms with Gasteiger partial charge in [-0.15, -0.1) is 0 Å². The number of hydrogen-bond donors (Lipinski definition) is 1. The molecule has 0 fully saturated rings. The molecule has 2 aromatic heterocycles. The maximum atomic E-state index is 5.46. The fourth-order valence-corrected chi connectivity index (χ4v) is 1.01. The number of nitrogens with zero attached hydrogens (tertiary/aromatic N) is 4. The van der Waals surface area contributed by atoms with Crippen molar-refractivity contribution in [2.24, 2.45) is 7.05 Å². The van der Waals surface area contributed by atoms with Crippen molar-refractivity contribution in [1.82, 2.24) is 19.6 Å². The Labute approximate surface area is 69.4 Å². The Morgan fingerprint density at radius 1 is 1.50 bits per heavy atom. The average molecular weight is 163 g/mol. The third kappa shape index (κ3) is 1.05. The van der Waals surface area contributed by atoms with E-state index in [1.165, 1.54) is 0 Å². The van der Waals surface area contributed by atoms with Crippen LogP contribution in [0.2, 0.25) is 0 Å². The molecule has 62 valence electrons. The van der Waals surface area contributed by atoms with E-state index >= 15 is 0 Å². The van der Waals surface area contributed by atoms with Gasteiger partial charge in [0.15, 0.2) is 0 Å². The number of hydrogen-bond acceptors (Lipinski definition) is 3. The third-order valence-corrected chi connectivity index (χ3v) is 1.57. The number of anilines is 1. The number of nitrogen functional groups attached to an aromatic ring is 1. The first-order chi connectivity index (χ1) is 5.75. The van der Waals surface area contributed by atoms with Crippen LogP contribution in [0.1, 0.15) is 0 Å². The summed E-state index contributed by atoms with van der Waals surface area (Å²) in [6, 6.07) is 1.74. The lowest BCUT2D eigenvalue weighted by Gasteiger charge is -1.92. The molecule has 2 rings (SSSR count). The second-order valence-corrected chi connectivity index (χ2v) is 2.56. The number of aryl methyl sites for hydroxylation is 1. The summed E-state index contributed by atoms with van der Waals surface area (Å²) in [7, 11) is 1.86. The molecule has 0 bridgehead atoms. The third-order valence-electron chi connectivity index (χ3n) is 1.57.